The molecule has 1 aromatic heterocycles. The fourth-order valence-corrected chi connectivity index (χ4v) is 2.05. The molecule has 0 bridgehead atoms. The summed E-state index contributed by atoms with van der Waals surface area (Å²) in [5, 5.41) is 6.48. The zero-order valence-corrected chi connectivity index (χ0v) is 10.6. The maximum absolute atomic E-state index is 5.88. The minimum Gasteiger partial charge on any atom is -0.473 e. The third-order valence-electron chi connectivity index (χ3n) is 3.07. The highest BCUT2D eigenvalue weighted by Gasteiger charge is 2.13. The number of ether oxygens (including phenoxy) is 1. The highest BCUT2D eigenvalue weighted by atomic mass is 16.5. The van der Waals surface area contributed by atoms with Crippen molar-refractivity contribution in [3.05, 3.63) is 23.4 Å². The number of hydrogen-bond acceptors (Lipinski definition) is 4. The van der Waals surface area contributed by atoms with Crippen LogP contribution in [0.25, 0.3) is 0 Å². The van der Waals surface area contributed by atoms with E-state index in [4.69, 9.17) is 4.74 Å². The van der Waals surface area contributed by atoms with Gasteiger partial charge < -0.3 is 15.4 Å². The molecule has 0 aliphatic carbocycles. The van der Waals surface area contributed by atoms with Gasteiger partial charge in [0.1, 0.15) is 6.10 Å². The van der Waals surface area contributed by atoms with Crippen LogP contribution in [0.2, 0.25) is 0 Å². The summed E-state index contributed by atoms with van der Waals surface area (Å²) in [4.78, 5) is 4.59. The van der Waals surface area contributed by atoms with E-state index in [1.165, 1.54) is 11.3 Å². The van der Waals surface area contributed by atoms with Crippen molar-refractivity contribution in [2.24, 2.45) is 0 Å². The van der Waals surface area contributed by atoms with E-state index in [1.54, 1.807) is 0 Å². The van der Waals surface area contributed by atoms with Gasteiger partial charge >= 0.3 is 0 Å². The van der Waals surface area contributed by atoms with Gasteiger partial charge in [0.05, 0.1) is 5.69 Å². The summed E-state index contributed by atoms with van der Waals surface area (Å²) >= 11 is 0. The largest absolute Gasteiger partial charge is 0.473 e. The lowest BCUT2D eigenvalue weighted by Gasteiger charge is -2.20. The van der Waals surface area contributed by atoms with Gasteiger partial charge in [-0.25, -0.2) is 4.98 Å². The lowest BCUT2D eigenvalue weighted by Crippen LogP contribution is -2.29. The van der Waals surface area contributed by atoms with Gasteiger partial charge in [0.25, 0.3) is 0 Å². The Balaban J connectivity index is 2.05. The van der Waals surface area contributed by atoms with Gasteiger partial charge in [-0.3, -0.25) is 0 Å². The fraction of sp³-hybridized carbons (Fsp3) is 0.615. The number of rotatable bonds is 5. The molecule has 17 heavy (non-hydrogen) atoms. The maximum atomic E-state index is 5.88. The van der Waals surface area contributed by atoms with Crippen LogP contribution in [0.1, 0.15) is 24.6 Å². The SMILES string of the molecule is CCC(CNC)Oc1ccc2c(n1)CCNC2. The van der Waals surface area contributed by atoms with Crippen LogP contribution in [0.15, 0.2) is 12.1 Å². The molecule has 1 aliphatic heterocycles. The van der Waals surface area contributed by atoms with E-state index in [-0.39, 0.29) is 6.10 Å². The van der Waals surface area contributed by atoms with E-state index in [0.717, 1.165) is 38.4 Å². The Bertz CT molecular complexity index is 368. The van der Waals surface area contributed by atoms with E-state index >= 15 is 0 Å². The Morgan fingerprint density at radius 2 is 2.41 bits per heavy atom. The predicted molar refractivity (Wildman–Crippen MR) is 68.3 cm³/mol. The van der Waals surface area contributed by atoms with Gasteiger partial charge in [-0.15, -0.1) is 0 Å². The molecule has 0 saturated carbocycles. The van der Waals surface area contributed by atoms with Crippen molar-refractivity contribution in [2.75, 3.05) is 20.1 Å². The van der Waals surface area contributed by atoms with Gasteiger partial charge in [-0.05, 0) is 19.0 Å². The van der Waals surface area contributed by atoms with E-state index in [9.17, 15) is 0 Å². The number of aromatic nitrogens is 1. The highest BCUT2D eigenvalue weighted by Crippen LogP contribution is 2.17. The molecule has 0 saturated heterocycles. The smallest absolute Gasteiger partial charge is 0.213 e. The molecule has 2 rings (SSSR count). The molecule has 1 aliphatic rings. The van der Waals surface area contributed by atoms with Crippen molar-refractivity contribution in [2.45, 2.75) is 32.4 Å². The Morgan fingerprint density at radius 1 is 1.53 bits per heavy atom. The molecule has 2 heterocycles. The molecule has 4 heteroatoms. The average Bonchev–Trinajstić information content (AvgIpc) is 2.38. The normalized spacial score (nSPS) is 16.4. The van der Waals surface area contributed by atoms with Crippen LogP contribution in [-0.4, -0.2) is 31.2 Å². The summed E-state index contributed by atoms with van der Waals surface area (Å²) in [5.41, 5.74) is 2.48. The first-order chi connectivity index (χ1) is 8.33. The van der Waals surface area contributed by atoms with E-state index in [1.807, 2.05) is 13.1 Å². The Morgan fingerprint density at radius 3 is 3.18 bits per heavy atom. The molecule has 94 valence electrons. The second-order valence-electron chi connectivity index (χ2n) is 4.39. The minimum absolute atomic E-state index is 0.201. The van der Waals surface area contributed by atoms with Gasteiger partial charge in [0.15, 0.2) is 0 Å². The summed E-state index contributed by atoms with van der Waals surface area (Å²) in [6.07, 6.45) is 2.18. The van der Waals surface area contributed by atoms with Crippen molar-refractivity contribution < 1.29 is 4.74 Å². The fourth-order valence-electron chi connectivity index (χ4n) is 2.05. The van der Waals surface area contributed by atoms with E-state index in [0.29, 0.717) is 0 Å². The van der Waals surface area contributed by atoms with Crippen LogP contribution in [0, 0.1) is 0 Å². The van der Waals surface area contributed by atoms with Gasteiger partial charge in [0, 0.05) is 32.1 Å². The molecular formula is C13H21N3O. The molecule has 2 N–H and O–H groups in total. The summed E-state index contributed by atoms with van der Waals surface area (Å²) in [7, 11) is 1.94. The molecule has 0 radical (unpaired) electrons. The number of fused-ring (bicyclic) bond motifs is 1. The molecule has 0 amide bonds. The van der Waals surface area contributed by atoms with Crippen molar-refractivity contribution in [3.63, 3.8) is 0 Å². The van der Waals surface area contributed by atoms with E-state index < -0.39 is 0 Å². The lowest BCUT2D eigenvalue weighted by atomic mass is 10.1. The molecule has 1 aromatic rings. The number of pyridine rings is 1. The second kappa shape index (κ2) is 5.98. The Hall–Kier alpha value is -1.13. The Labute approximate surface area is 103 Å². The first-order valence-corrected chi connectivity index (χ1v) is 6.34. The lowest BCUT2D eigenvalue weighted by molar-refractivity contribution is 0.188. The zero-order chi connectivity index (χ0) is 12.1. The number of nitrogens with zero attached hydrogens (tertiary/aromatic N) is 1. The number of hydrogen-bond donors (Lipinski definition) is 2. The third kappa shape index (κ3) is 3.17. The standard InChI is InChI=1S/C13H21N3O/c1-3-11(9-14-2)17-13-5-4-10-8-15-7-6-12(10)16-13/h4-5,11,14-15H,3,6-9H2,1-2H3. The average molecular weight is 235 g/mol. The van der Waals surface area contributed by atoms with Gasteiger partial charge in [-0.1, -0.05) is 13.0 Å². The first-order valence-electron chi connectivity index (χ1n) is 6.34. The van der Waals surface area contributed by atoms with Crippen LogP contribution in [0.4, 0.5) is 0 Å². The molecule has 1 atom stereocenters. The minimum atomic E-state index is 0.201. The summed E-state index contributed by atoms with van der Waals surface area (Å²) in [5.74, 6) is 0.757. The summed E-state index contributed by atoms with van der Waals surface area (Å²) < 4.78 is 5.88. The van der Waals surface area contributed by atoms with Gasteiger partial charge in [-0.2, -0.15) is 0 Å². The predicted octanol–water partition coefficient (Wildman–Crippen LogP) is 1.10. The van der Waals surface area contributed by atoms with Gasteiger partial charge in [0.2, 0.25) is 5.88 Å². The van der Waals surface area contributed by atoms with E-state index in [2.05, 4.69) is 28.6 Å². The number of nitrogens with one attached hydrogen (secondary N) is 2. The number of likely N-dealkylation sites (N-methyl/N-ethyl adjacent to an activating group) is 1. The van der Waals surface area contributed by atoms with Crippen LogP contribution in [0.5, 0.6) is 5.88 Å². The summed E-state index contributed by atoms with van der Waals surface area (Å²) in [6.45, 7) is 4.93. The maximum Gasteiger partial charge on any atom is 0.213 e. The molecule has 0 aromatic carbocycles. The zero-order valence-electron chi connectivity index (χ0n) is 10.6. The molecule has 0 fully saturated rings. The monoisotopic (exact) mass is 235 g/mol. The third-order valence-corrected chi connectivity index (χ3v) is 3.07. The quantitative estimate of drug-likeness (QED) is 0.802. The molecular weight excluding hydrogens is 214 g/mol. The van der Waals surface area contributed by atoms with Crippen LogP contribution in [-0.2, 0) is 13.0 Å². The molecule has 4 nitrogen and oxygen atoms in total. The van der Waals surface area contributed by atoms with Crippen molar-refractivity contribution in [1.29, 1.82) is 0 Å². The molecule has 1 unspecified atom stereocenters. The molecule has 0 spiro atoms. The van der Waals surface area contributed by atoms with Crippen LogP contribution >= 0.6 is 0 Å². The van der Waals surface area contributed by atoms with Crippen LogP contribution < -0.4 is 15.4 Å². The second-order valence-corrected chi connectivity index (χ2v) is 4.39. The summed E-state index contributed by atoms with van der Waals surface area (Å²) in [6, 6.07) is 4.10. The van der Waals surface area contributed by atoms with Crippen molar-refractivity contribution >= 4 is 0 Å². The first kappa shape index (κ1) is 12.3. The topological polar surface area (TPSA) is 46.2 Å². The van der Waals surface area contributed by atoms with Crippen molar-refractivity contribution in [3.8, 4) is 5.88 Å². The Kier molecular flexibility index (Phi) is 4.34. The highest BCUT2D eigenvalue weighted by molar-refractivity contribution is 5.27. The van der Waals surface area contributed by atoms with Crippen LogP contribution in [0.3, 0.4) is 0 Å². The van der Waals surface area contributed by atoms with Crippen molar-refractivity contribution in [1.82, 2.24) is 15.6 Å².